The fourth-order valence-corrected chi connectivity index (χ4v) is 4.94. The van der Waals surface area contributed by atoms with Crippen LogP contribution in [0.2, 0.25) is 0 Å². The zero-order valence-corrected chi connectivity index (χ0v) is 16.0. The summed E-state index contributed by atoms with van der Waals surface area (Å²) in [6.07, 6.45) is 5.66. The van der Waals surface area contributed by atoms with Gasteiger partial charge in [-0.2, -0.15) is 0 Å². The average Bonchev–Trinajstić information content (AvgIpc) is 2.79. The second-order valence-corrected chi connectivity index (χ2v) is 8.89. The third kappa shape index (κ3) is 3.01. The predicted molar refractivity (Wildman–Crippen MR) is 106 cm³/mol. The number of anilines is 1. The Labute approximate surface area is 154 Å². The van der Waals surface area contributed by atoms with Crippen LogP contribution < -0.4 is 4.72 Å². The highest BCUT2D eigenvalue weighted by atomic mass is 32.2. The van der Waals surface area contributed by atoms with Crippen molar-refractivity contribution in [3.8, 4) is 0 Å². The minimum atomic E-state index is -3.62. The number of aromatic amines is 1. The van der Waals surface area contributed by atoms with E-state index in [0.717, 1.165) is 41.3 Å². The van der Waals surface area contributed by atoms with Crippen molar-refractivity contribution in [2.45, 2.75) is 50.8 Å². The molecule has 0 bridgehead atoms. The van der Waals surface area contributed by atoms with Gasteiger partial charge in [0.2, 0.25) is 0 Å². The van der Waals surface area contributed by atoms with Crippen LogP contribution in [-0.4, -0.2) is 13.4 Å². The molecule has 3 aromatic rings. The quantitative estimate of drug-likeness (QED) is 0.649. The number of fused-ring (bicyclic) bond motifs is 3. The van der Waals surface area contributed by atoms with Crippen molar-refractivity contribution in [3.63, 3.8) is 0 Å². The molecule has 136 valence electrons. The molecule has 0 saturated heterocycles. The minimum absolute atomic E-state index is 0.317. The molecule has 2 aromatic carbocycles. The van der Waals surface area contributed by atoms with Crippen LogP contribution in [0.15, 0.2) is 41.3 Å². The SMILES string of the molecule is Cc1cccc(NS(=O)(=O)c2ccc3[nH]c4c(c3c2)CCCCC4)c1C. The first-order valence-electron chi connectivity index (χ1n) is 9.18. The Hall–Kier alpha value is -2.27. The van der Waals surface area contributed by atoms with Crippen LogP contribution in [0.1, 0.15) is 41.6 Å². The number of hydrogen-bond donors (Lipinski definition) is 2. The van der Waals surface area contributed by atoms with Crippen LogP contribution in [0.25, 0.3) is 10.9 Å². The van der Waals surface area contributed by atoms with Gasteiger partial charge in [0.1, 0.15) is 0 Å². The van der Waals surface area contributed by atoms with Gasteiger partial charge in [-0.15, -0.1) is 0 Å². The molecule has 1 aliphatic carbocycles. The highest BCUT2D eigenvalue weighted by molar-refractivity contribution is 7.92. The molecule has 5 heteroatoms. The summed E-state index contributed by atoms with van der Waals surface area (Å²) >= 11 is 0. The molecule has 26 heavy (non-hydrogen) atoms. The second kappa shape index (κ2) is 6.47. The van der Waals surface area contributed by atoms with E-state index in [1.165, 1.54) is 24.1 Å². The van der Waals surface area contributed by atoms with Crippen LogP contribution in [0.4, 0.5) is 5.69 Å². The van der Waals surface area contributed by atoms with E-state index in [4.69, 9.17) is 0 Å². The summed E-state index contributed by atoms with van der Waals surface area (Å²) in [4.78, 5) is 3.80. The number of aryl methyl sites for hydroxylation is 3. The first-order valence-corrected chi connectivity index (χ1v) is 10.7. The van der Waals surface area contributed by atoms with E-state index >= 15 is 0 Å². The van der Waals surface area contributed by atoms with Gasteiger partial charge in [0.15, 0.2) is 0 Å². The van der Waals surface area contributed by atoms with Gasteiger partial charge in [0.05, 0.1) is 10.6 Å². The van der Waals surface area contributed by atoms with E-state index in [2.05, 4.69) is 9.71 Å². The van der Waals surface area contributed by atoms with Gasteiger partial charge < -0.3 is 4.98 Å². The molecule has 0 saturated carbocycles. The standard InChI is InChI=1S/C21H24N2O2S/c1-14-7-6-10-19(15(14)2)23-26(24,25)16-11-12-21-18(13-16)17-8-4-3-5-9-20(17)22-21/h6-7,10-13,22-23H,3-5,8-9H2,1-2H3. The number of hydrogen-bond acceptors (Lipinski definition) is 2. The summed E-state index contributed by atoms with van der Waals surface area (Å²) in [6.45, 7) is 3.91. The van der Waals surface area contributed by atoms with Crippen molar-refractivity contribution in [1.29, 1.82) is 0 Å². The van der Waals surface area contributed by atoms with E-state index in [1.54, 1.807) is 12.1 Å². The van der Waals surface area contributed by atoms with Crippen LogP contribution in [0.3, 0.4) is 0 Å². The highest BCUT2D eigenvalue weighted by Gasteiger charge is 2.19. The predicted octanol–water partition coefficient (Wildman–Crippen LogP) is 4.85. The molecule has 0 atom stereocenters. The number of rotatable bonds is 3. The summed E-state index contributed by atoms with van der Waals surface area (Å²) in [5, 5.41) is 1.05. The maximum absolute atomic E-state index is 12.9. The molecule has 4 rings (SSSR count). The molecule has 1 aliphatic rings. The Balaban J connectivity index is 1.75. The van der Waals surface area contributed by atoms with Gasteiger partial charge in [-0.3, -0.25) is 4.72 Å². The maximum Gasteiger partial charge on any atom is 0.261 e. The van der Waals surface area contributed by atoms with Crippen LogP contribution in [0, 0.1) is 13.8 Å². The molecular weight excluding hydrogens is 344 g/mol. The van der Waals surface area contributed by atoms with Crippen molar-refractivity contribution in [2.24, 2.45) is 0 Å². The number of sulfonamides is 1. The smallest absolute Gasteiger partial charge is 0.261 e. The molecular formula is C21H24N2O2S. The molecule has 2 N–H and O–H groups in total. The molecule has 0 fully saturated rings. The zero-order chi connectivity index (χ0) is 18.3. The van der Waals surface area contributed by atoms with Crippen molar-refractivity contribution in [2.75, 3.05) is 4.72 Å². The van der Waals surface area contributed by atoms with Gasteiger partial charge in [-0.1, -0.05) is 18.6 Å². The van der Waals surface area contributed by atoms with Gasteiger partial charge in [-0.05, 0) is 80.5 Å². The molecule has 4 nitrogen and oxygen atoms in total. The first kappa shape index (κ1) is 17.2. The van der Waals surface area contributed by atoms with Crippen molar-refractivity contribution < 1.29 is 8.42 Å². The summed E-state index contributed by atoms with van der Waals surface area (Å²) in [6, 6.07) is 11.1. The molecule has 0 aliphatic heterocycles. The molecule has 0 radical (unpaired) electrons. The lowest BCUT2D eigenvalue weighted by Crippen LogP contribution is -2.14. The first-order chi connectivity index (χ1) is 12.5. The van der Waals surface area contributed by atoms with Crippen LogP contribution in [0.5, 0.6) is 0 Å². The average molecular weight is 369 g/mol. The topological polar surface area (TPSA) is 62.0 Å². The molecule has 0 amide bonds. The largest absolute Gasteiger partial charge is 0.358 e. The Morgan fingerprint density at radius 2 is 1.81 bits per heavy atom. The van der Waals surface area contributed by atoms with Gasteiger partial charge >= 0.3 is 0 Å². The lowest BCUT2D eigenvalue weighted by atomic mass is 10.1. The second-order valence-electron chi connectivity index (χ2n) is 7.20. The van der Waals surface area contributed by atoms with Gasteiger partial charge in [0.25, 0.3) is 10.0 Å². The summed E-state index contributed by atoms with van der Waals surface area (Å²) < 4.78 is 28.6. The fraction of sp³-hybridized carbons (Fsp3) is 0.333. The normalized spacial score (nSPS) is 14.8. The number of benzene rings is 2. The molecule has 0 spiro atoms. The van der Waals surface area contributed by atoms with E-state index < -0.39 is 10.0 Å². The van der Waals surface area contributed by atoms with Crippen molar-refractivity contribution in [1.82, 2.24) is 4.98 Å². The number of H-pyrrole nitrogens is 1. The van der Waals surface area contributed by atoms with E-state index in [9.17, 15) is 8.42 Å². The summed E-state index contributed by atoms with van der Waals surface area (Å²) in [5.74, 6) is 0. The third-order valence-electron chi connectivity index (χ3n) is 5.48. The Morgan fingerprint density at radius 3 is 2.65 bits per heavy atom. The molecule has 1 aromatic heterocycles. The summed E-state index contributed by atoms with van der Waals surface area (Å²) in [7, 11) is -3.62. The van der Waals surface area contributed by atoms with Gasteiger partial charge in [0, 0.05) is 16.6 Å². The van der Waals surface area contributed by atoms with Crippen molar-refractivity contribution in [3.05, 3.63) is 58.8 Å². The fourth-order valence-electron chi connectivity index (χ4n) is 3.79. The molecule has 1 heterocycles. The number of nitrogens with one attached hydrogen (secondary N) is 2. The Bertz CT molecular complexity index is 1080. The molecule has 0 unspecified atom stereocenters. The Kier molecular flexibility index (Phi) is 4.27. The Morgan fingerprint density at radius 1 is 1.00 bits per heavy atom. The van der Waals surface area contributed by atoms with E-state index in [-0.39, 0.29) is 0 Å². The number of aromatic nitrogens is 1. The lowest BCUT2D eigenvalue weighted by Gasteiger charge is -2.12. The lowest BCUT2D eigenvalue weighted by molar-refractivity contribution is 0.601. The minimum Gasteiger partial charge on any atom is -0.358 e. The highest BCUT2D eigenvalue weighted by Crippen LogP contribution is 2.31. The summed E-state index contributed by atoms with van der Waals surface area (Å²) in [5.41, 5.74) is 6.25. The monoisotopic (exact) mass is 368 g/mol. The maximum atomic E-state index is 12.9. The van der Waals surface area contributed by atoms with Gasteiger partial charge in [-0.25, -0.2) is 8.42 Å². The zero-order valence-electron chi connectivity index (χ0n) is 15.2. The van der Waals surface area contributed by atoms with Crippen molar-refractivity contribution >= 4 is 26.6 Å². The van der Waals surface area contributed by atoms with Crippen LogP contribution >= 0.6 is 0 Å². The van der Waals surface area contributed by atoms with Crippen LogP contribution in [-0.2, 0) is 22.9 Å². The third-order valence-corrected chi connectivity index (χ3v) is 6.84. The van der Waals surface area contributed by atoms with E-state index in [1.807, 2.05) is 38.1 Å². The van der Waals surface area contributed by atoms with E-state index in [0.29, 0.717) is 10.6 Å².